The Bertz CT molecular complexity index is 345. The Morgan fingerprint density at radius 1 is 1.56 bits per heavy atom. The first-order valence-corrected chi connectivity index (χ1v) is 6.66. The fourth-order valence-corrected chi connectivity index (χ4v) is 2.73. The van der Waals surface area contributed by atoms with Crippen LogP contribution in [0.3, 0.4) is 0 Å². The lowest BCUT2D eigenvalue weighted by atomic mass is 9.87. The molecule has 5 heteroatoms. The smallest absolute Gasteiger partial charge is 0.240 e. The summed E-state index contributed by atoms with van der Waals surface area (Å²) in [4.78, 5) is 14.3. The Morgan fingerprint density at radius 2 is 2.28 bits per heavy atom. The first-order valence-electron chi connectivity index (χ1n) is 6.66. The molecule has 100 valence electrons. The molecule has 1 aliphatic heterocycles. The van der Waals surface area contributed by atoms with Crippen molar-refractivity contribution >= 4 is 5.91 Å². The molecule has 1 saturated carbocycles. The van der Waals surface area contributed by atoms with E-state index in [1.807, 2.05) is 7.05 Å². The number of nitriles is 1. The van der Waals surface area contributed by atoms with E-state index in [9.17, 15) is 10.1 Å². The highest BCUT2D eigenvalue weighted by Gasteiger charge is 2.41. The van der Waals surface area contributed by atoms with Crippen LogP contribution in [0.4, 0.5) is 0 Å². The zero-order valence-corrected chi connectivity index (χ0v) is 10.9. The van der Waals surface area contributed by atoms with E-state index in [1.165, 1.54) is 0 Å². The lowest BCUT2D eigenvalue weighted by Crippen LogP contribution is -2.48. The molecule has 0 aromatic rings. The lowest BCUT2D eigenvalue weighted by molar-refractivity contribution is -0.129. The number of amides is 1. The molecule has 1 aliphatic carbocycles. The summed E-state index contributed by atoms with van der Waals surface area (Å²) in [5, 5.41) is 12.1. The summed E-state index contributed by atoms with van der Waals surface area (Å²) in [7, 11) is 2.05. The van der Waals surface area contributed by atoms with E-state index in [0.29, 0.717) is 26.0 Å². The summed E-state index contributed by atoms with van der Waals surface area (Å²) in [6.07, 6.45) is 3.39. The van der Waals surface area contributed by atoms with Crippen molar-refractivity contribution in [3.63, 3.8) is 0 Å². The zero-order valence-electron chi connectivity index (χ0n) is 10.9. The van der Waals surface area contributed by atoms with Crippen LogP contribution in [0.5, 0.6) is 0 Å². The third-order valence-electron chi connectivity index (χ3n) is 3.94. The fourth-order valence-electron chi connectivity index (χ4n) is 2.73. The molecule has 0 aromatic heterocycles. The molecule has 1 atom stereocenters. The van der Waals surface area contributed by atoms with Gasteiger partial charge in [0.1, 0.15) is 5.41 Å². The number of ether oxygens (including phenoxy) is 1. The van der Waals surface area contributed by atoms with E-state index in [2.05, 4.69) is 16.3 Å². The van der Waals surface area contributed by atoms with Crippen LogP contribution in [-0.2, 0) is 9.53 Å². The zero-order chi connectivity index (χ0) is 13.0. The quantitative estimate of drug-likeness (QED) is 0.794. The van der Waals surface area contributed by atoms with Gasteiger partial charge < -0.3 is 15.0 Å². The topological polar surface area (TPSA) is 65.4 Å². The fraction of sp³-hybridized carbons (Fsp3) is 0.846. The standard InChI is InChI=1S/C13H21N3O2/c1-16-6-7-18-11(9-16)8-15-12(17)13(10-14)4-2-3-5-13/h11H,2-9H2,1H3,(H,15,17). The number of carbonyl (C=O) groups excluding carboxylic acids is 1. The van der Waals surface area contributed by atoms with Crippen molar-refractivity contribution in [1.29, 1.82) is 5.26 Å². The van der Waals surface area contributed by atoms with E-state index < -0.39 is 5.41 Å². The first-order chi connectivity index (χ1) is 8.66. The lowest BCUT2D eigenvalue weighted by Gasteiger charge is -2.30. The molecule has 1 amide bonds. The van der Waals surface area contributed by atoms with Crippen molar-refractivity contribution in [2.45, 2.75) is 31.8 Å². The number of morpholine rings is 1. The largest absolute Gasteiger partial charge is 0.374 e. The Labute approximate surface area is 108 Å². The molecule has 0 aromatic carbocycles. The van der Waals surface area contributed by atoms with Gasteiger partial charge in [-0.2, -0.15) is 5.26 Å². The van der Waals surface area contributed by atoms with Crippen molar-refractivity contribution < 1.29 is 9.53 Å². The van der Waals surface area contributed by atoms with Gasteiger partial charge in [0, 0.05) is 19.6 Å². The van der Waals surface area contributed by atoms with E-state index in [0.717, 1.165) is 25.9 Å². The Morgan fingerprint density at radius 3 is 2.89 bits per heavy atom. The number of likely N-dealkylation sites (N-methyl/N-ethyl adjacent to an activating group) is 1. The summed E-state index contributed by atoms with van der Waals surface area (Å²) in [6, 6.07) is 2.21. The third-order valence-corrected chi connectivity index (χ3v) is 3.94. The van der Waals surface area contributed by atoms with Crippen molar-refractivity contribution in [1.82, 2.24) is 10.2 Å². The highest BCUT2D eigenvalue weighted by molar-refractivity contribution is 5.85. The minimum absolute atomic E-state index is 0.0462. The summed E-state index contributed by atoms with van der Waals surface area (Å²) in [6.45, 7) is 2.99. The molecule has 0 spiro atoms. The van der Waals surface area contributed by atoms with Crippen molar-refractivity contribution in [3.8, 4) is 6.07 Å². The van der Waals surface area contributed by atoms with Crippen LogP contribution < -0.4 is 5.32 Å². The molecule has 0 bridgehead atoms. The minimum Gasteiger partial charge on any atom is -0.374 e. The summed E-state index contributed by atoms with van der Waals surface area (Å²) < 4.78 is 5.59. The van der Waals surface area contributed by atoms with Gasteiger partial charge in [-0.15, -0.1) is 0 Å². The molecule has 2 fully saturated rings. The normalized spacial score (nSPS) is 27.7. The van der Waals surface area contributed by atoms with Gasteiger partial charge in [0.2, 0.25) is 5.91 Å². The maximum absolute atomic E-state index is 12.1. The Balaban J connectivity index is 1.82. The summed E-state index contributed by atoms with van der Waals surface area (Å²) in [5.74, 6) is -0.112. The average Bonchev–Trinajstić information content (AvgIpc) is 2.86. The SMILES string of the molecule is CN1CCOC(CNC(=O)C2(C#N)CCCC2)C1. The second-order valence-corrected chi connectivity index (χ2v) is 5.37. The van der Waals surface area contributed by atoms with Crippen molar-refractivity contribution in [3.05, 3.63) is 0 Å². The minimum atomic E-state index is -0.777. The average molecular weight is 251 g/mol. The predicted molar refractivity (Wildman–Crippen MR) is 66.8 cm³/mol. The van der Waals surface area contributed by atoms with E-state index in [-0.39, 0.29) is 12.0 Å². The summed E-state index contributed by atoms with van der Waals surface area (Å²) >= 11 is 0. The van der Waals surface area contributed by atoms with Crippen LogP contribution in [0.25, 0.3) is 0 Å². The second-order valence-electron chi connectivity index (χ2n) is 5.37. The van der Waals surface area contributed by atoms with Gasteiger partial charge in [-0.1, -0.05) is 12.8 Å². The van der Waals surface area contributed by atoms with Crippen molar-refractivity contribution in [2.24, 2.45) is 5.41 Å². The van der Waals surface area contributed by atoms with Crippen LogP contribution in [0.1, 0.15) is 25.7 Å². The molecular formula is C13H21N3O2. The van der Waals surface area contributed by atoms with Crippen molar-refractivity contribution in [2.75, 3.05) is 33.3 Å². The molecule has 1 heterocycles. The molecular weight excluding hydrogens is 230 g/mol. The maximum atomic E-state index is 12.1. The summed E-state index contributed by atoms with van der Waals surface area (Å²) in [5.41, 5.74) is -0.777. The predicted octanol–water partition coefficient (Wildman–Crippen LogP) is 0.517. The highest BCUT2D eigenvalue weighted by atomic mass is 16.5. The number of hydrogen-bond acceptors (Lipinski definition) is 4. The van der Waals surface area contributed by atoms with Crippen LogP contribution in [0.15, 0.2) is 0 Å². The number of nitrogens with zero attached hydrogens (tertiary/aromatic N) is 2. The van der Waals surface area contributed by atoms with Gasteiger partial charge in [0.05, 0.1) is 18.8 Å². The Hall–Kier alpha value is -1.12. The molecule has 18 heavy (non-hydrogen) atoms. The van der Waals surface area contributed by atoms with E-state index in [1.54, 1.807) is 0 Å². The molecule has 2 rings (SSSR count). The maximum Gasteiger partial charge on any atom is 0.240 e. The first kappa shape index (κ1) is 13.3. The number of rotatable bonds is 3. The van der Waals surface area contributed by atoms with Crippen LogP contribution >= 0.6 is 0 Å². The second kappa shape index (κ2) is 5.68. The molecule has 1 saturated heterocycles. The van der Waals surface area contributed by atoms with Gasteiger partial charge in [0.15, 0.2) is 0 Å². The number of hydrogen-bond donors (Lipinski definition) is 1. The molecule has 1 unspecified atom stereocenters. The van der Waals surface area contributed by atoms with Gasteiger partial charge in [0.25, 0.3) is 0 Å². The van der Waals surface area contributed by atoms with E-state index >= 15 is 0 Å². The highest BCUT2D eigenvalue weighted by Crippen LogP contribution is 2.37. The van der Waals surface area contributed by atoms with Gasteiger partial charge in [-0.25, -0.2) is 0 Å². The monoisotopic (exact) mass is 251 g/mol. The molecule has 0 radical (unpaired) electrons. The number of carbonyl (C=O) groups is 1. The van der Waals surface area contributed by atoms with Crippen LogP contribution in [0, 0.1) is 16.7 Å². The van der Waals surface area contributed by atoms with Gasteiger partial charge >= 0.3 is 0 Å². The van der Waals surface area contributed by atoms with E-state index in [4.69, 9.17) is 4.74 Å². The third kappa shape index (κ3) is 2.82. The molecule has 2 aliphatic rings. The van der Waals surface area contributed by atoms with Gasteiger partial charge in [-0.3, -0.25) is 4.79 Å². The Kier molecular flexibility index (Phi) is 4.20. The number of nitrogens with one attached hydrogen (secondary N) is 1. The molecule has 1 N–H and O–H groups in total. The van der Waals surface area contributed by atoms with Crippen LogP contribution in [-0.4, -0.2) is 50.2 Å². The van der Waals surface area contributed by atoms with Crippen LogP contribution in [0.2, 0.25) is 0 Å². The molecule has 5 nitrogen and oxygen atoms in total. The van der Waals surface area contributed by atoms with Gasteiger partial charge in [-0.05, 0) is 19.9 Å².